The predicted molar refractivity (Wildman–Crippen MR) is 93.4 cm³/mol. The monoisotopic (exact) mass is 340 g/mol. The number of aromatic nitrogens is 1. The molecule has 2 aromatic carbocycles. The number of para-hydroxylation sites is 1. The minimum absolute atomic E-state index is 0.0823. The summed E-state index contributed by atoms with van der Waals surface area (Å²) in [5.74, 6) is -0.949. The minimum atomic E-state index is -0.410. The van der Waals surface area contributed by atoms with Crippen LogP contribution >= 0.6 is 0 Å². The molecule has 5 heteroatoms. The second-order valence-corrected chi connectivity index (χ2v) is 5.94. The number of hydrogen-bond acceptors (Lipinski definition) is 2. The smallest absolute Gasteiger partial charge is 0.253 e. The average molecular weight is 340 g/mol. The van der Waals surface area contributed by atoms with E-state index in [-0.39, 0.29) is 23.3 Å². The number of amides is 1. The predicted octanol–water partition coefficient (Wildman–Crippen LogP) is 4.26. The zero-order chi connectivity index (χ0) is 17.8. The van der Waals surface area contributed by atoms with Crippen LogP contribution in [0.25, 0.3) is 10.9 Å². The van der Waals surface area contributed by atoms with E-state index < -0.39 is 5.82 Å². The molecule has 0 aliphatic rings. The van der Waals surface area contributed by atoms with Gasteiger partial charge in [0.1, 0.15) is 17.2 Å². The van der Waals surface area contributed by atoms with E-state index in [1.54, 1.807) is 30.3 Å². The van der Waals surface area contributed by atoms with Crippen molar-refractivity contribution in [2.24, 2.45) is 0 Å². The Morgan fingerprint density at radius 3 is 2.64 bits per heavy atom. The summed E-state index contributed by atoms with van der Waals surface area (Å²) in [6.07, 6.45) is 2.72. The lowest BCUT2D eigenvalue weighted by molar-refractivity contribution is 0.0935. The molecule has 0 aliphatic heterocycles. The SMILES string of the molecule is CCC(Cc1ccc(F)cc1)NC(=O)c1cnc2c(F)cccc2c1. The Hall–Kier alpha value is -2.82. The Balaban J connectivity index is 1.74. The van der Waals surface area contributed by atoms with Crippen LogP contribution in [-0.2, 0) is 6.42 Å². The molecular weight excluding hydrogens is 322 g/mol. The van der Waals surface area contributed by atoms with E-state index in [2.05, 4.69) is 10.3 Å². The zero-order valence-electron chi connectivity index (χ0n) is 13.8. The Labute approximate surface area is 144 Å². The highest BCUT2D eigenvalue weighted by atomic mass is 19.1. The van der Waals surface area contributed by atoms with Gasteiger partial charge in [-0.15, -0.1) is 0 Å². The second kappa shape index (κ2) is 7.38. The highest BCUT2D eigenvalue weighted by Crippen LogP contribution is 2.17. The Morgan fingerprint density at radius 2 is 1.92 bits per heavy atom. The van der Waals surface area contributed by atoms with Gasteiger partial charge in [0, 0.05) is 17.6 Å². The summed E-state index contributed by atoms with van der Waals surface area (Å²) in [6.45, 7) is 1.97. The van der Waals surface area contributed by atoms with Crippen LogP contribution in [0.15, 0.2) is 54.7 Å². The largest absolute Gasteiger partial charge is 0.349 e. The maximum Gasteiger partial charge on any atom is 0.253 e. The minimum Gasteiger partial charge on any atom is -0.349 e. The molecule has 0 saturated carbocycles. The van der Waals surface area contributed by atoms with E-state index in [1.165, 1.54) is 24.4 Å². The zero-order valence-corrected chi connectivity index (χ0v) is 13.8. The Morgan fingerprint density at radius 1 is 1.16 bits per heavy atom. The summed E-state index contributed by atoms with van der Waals surface area (Å²) >= 11 is 0. The number of pyridine rings is 1. The number of halogens is 2. The number of nitrogens with zero attached hydrogens (tertiary/aromatic N) is 1. The molecule has 128 valence electrons. The van der Waals surface area contributed by atoms with Gasteiger partial charge in [0.05, 0.1) is 5.56 Å². The third-order valence-corrected chi connectivity index (χ3v) is 4.15. The number of carbonyl (C=O) groups excluding carboxylic acids is 1. The van der Waals surface area contributed by atoms with Crippen molar-refractivity contribution >= 4 is 16.8 Å². The molecule has 3 aromatic rings. The molecule has 1 aromatic heterocycles. The summed E-state index contributed by atoms with van der Waals surface area (Å²) in [5, 5.41) is 3.54. The fourth-order valence-electron chi connectivity index (χ4n) is 2.72. The number of nitrogens with one attached hydrogen (secondary N) is 1. The lowest BCUT2D eigenvalue weighted by Crippen LogP contribution is -2.36. The van der Waals surface area contributed by atoms with Crippen LogP contribution < -0.4 is 5.32 Å². The molecular formula is C20H18F2N2O. The van der Waals surface area contributed by atoms with Crippen molar-refractivity contribution in [1.29, 1.82) is 0 Å². The highest BCUT2D eigenvalue weighted by Gasteiger charge is 2.14. The first-order valence-corrected chi connectivity index (χ1v) is 8.16. The topological polar surface area (TPSA) is 42.0 Å². The van der Waals surface area contributed by atoms with Crippen molar-refractivity contribution in [2.75, 3.05) is 0 Å². The number of carbonyl (C=O) groups is 1. The molecule has 0 fully saturated rings. The van der Waals surface area contributed by atoms with Crippen LogP contribution in [-0.4, -0.2) is 16.9 Å². The maximum absolute atomic E-state index is 13.7. The molecule has 1 atom stereocenters. The second-order valence-electron chi connectivity index (χ2n) is 5.94. The first-order valence-electron chi connectivity index (χ1n) is 8.16. The van der Waals surface area contributed by atoms with Gasteiger partial charge >= 0.3 is 0 Å². The molecule has 25 heavy (non-hydrogen) atoms. The molecule has 1 heterocycles. The normalized spacial score (nSPS) is 12.1. The van der Waals surface area contributed by atoms with Gasteiger partial charge in [0.15, 0.2) is 0 Å². The molecule has 1 amide bonds. The van der Waals surface area contributed by atoms with Crippen LogP contribution in [0.2, 0.25) is 0 Å². The molecule has 0 radical (unpaired) electrons. The summed E-state index contributed by atoms with van der Waals surface area (Å²) < 4.78 is 26.7. The maximum atomic E-state index is 13.7. The Bertz CT molecular complexity index is 894. The van der Waals surface area contributed by atoms with Gasteiger partial charge in [0.25, 0.3) is 5.91 Å². The van der Waals surface area contributed by atoms with Gasteiger partial charge < -0.3 is 5.32 Å². The highest BCUT2D eigenvalue weighted by molar-refractivity contribution is 5.97. The third-order valence-electron chi connectivity index (χ3n) is 4.15. The standard InChI is InChI=1S/C20H18F2N2O/c1-2-17(10-13-6-8-16(21)9-7-13)24-20(25)15-11-14-4-3-5-18(22)19(14)23-12-15/h3-9,11-12,17H,2,10H2,1H3,(H,24,25). The van der Waals surface area contributed by atoms with Crippen LogP contribution in [0, 0.1) is 11.6 Å². The molecule has 1 N–H and O–H groups in total. The molecule has 0 aliphatic carbocycles. The van der Waals surface area contributed by atoms with Crippen LogP contribution in [0.5, 0.6) is 0 Å². The van der Waals surface area contributed by atoms with E-state index in [4.69, 9.17) is 0 Å². The fraction of sp³-hybridized carbons (Fsp3) is 0.200. The van der Waals surface area contributed by atoms with Crippen LogP contribution in [0.3, 0.4) is 0 Å². The van der Waals surface area contributed by atoms with Crippen molar-refractivity contribution in [1.82, 2.24) is 10.3 Å². The molecule has 0 spiro atoms. The van der Waals surface area contributed by atoms with E-state index in [0.29, 0.717) is 17.4 Å². The summed E-state index contributed by atoms with van der Waals surface area (Å²) in [7, 11) is 0. The number of rotatable bonds is 5. The number of fused-ring (bicyclic) bond motifs is 1. The molecule has 0 saturated heterocycles. The summed E-state index contributed by atoms with van der Waals surface area (Å²) in [4.78, 5) is 16.5. The van der Waals surface area contributed by atoms with Gasteiger partial charge in [-0.1, -0.05) is 31.2 Å². The van der Waals surface area contributed by atoms with Gasteiger partial charge in [-0.3, -0.25) is 9.78 Å². The lowest BCUT2D eigenvalue weighted by atomic mass is 10.0. The van der Waals surface area contributed by atoms with Gasteiger partial charge in [-0.2, -0.15) is 0 Å². The van der Waals surface area contributed by atoms with Crippen molar-refractivity contribution in [3.05, 3.63) is 77.5 Å². The van der Waals surface area contributed by atoms with Crippen LogP contribution in [0.1, 0.15) is 29.3 Å². The van der Waals surface area contributed by atoms with Gasteiger partial charge in [-0.25, -0.2) is 8.78 Å². The average Bonchev–Trinajstić information content (AvgIpc) is 2.62. The quantitative estimate of drug-likeness (QED) is 0.754. The number of hydrogen-bond donors (Lipinski definition) is 1. The van der Waals surface area contributed by atoms with Gasteiger partial charge in [-0.05, 0) is 42.7 Å². The third kappa shape index (κ3) is 3.99. The van der Waals surface area contributed by atoms with Crippen LogP contribution in [0.4, 0.5) is 8.78 Å². The van der Waals surface area contributed by atoms with Crippen molar-refractivity contribution in [3.8, 4) is 0 Å². The van der Waals surface area contributed by atoms with E-state index in [1.807, 2.05) is 6.92 Å². The van der Waals surface area contributed by atoms with Crippen molar-refractivity contribution in [3.63, 3.8) is 0 Å². The van der Waals surface area contributed by atoms with Crippen molar-refractivity contribution < 1.29 is 13.6 Å². The van der Waals surface area contributed by atoms with Crippen molar-refractivity contribution in [2.45, 2.75) is 25.8 Å². The molecule has 3 rings (SSSR count). The molecule has 0 bridgehead atoms. The van der Waals surface area contributed by atoms with E-state index in [9.17, 15) is 13.6 Å². The Kier molecular flexibility index (Phi) is 5.03. The fourth-order valence-corrected chi connectivity index (χ4v) is 2.72. The first kappa shape index (κ1) is 17.0. The molecule has 1 unspecified atom stereocenters. The summed E-state index contributed by atoms with van der Waals surface area (Å²) in [6, 6.07) is 12.4. The number of benzene rings is 2. The van der Waals surface area contributed by atoms with E-state index in [0.717, 1.165) is 12.0 Å². The lowest BCUT2D eigenvalue weighted by Gasteiger charge is -2.17. The first-order chi connectivity index (χ1) is 12.1. The summed E-state index contributed by atoms with van der Waals surface area (Å²) in [5.41, 5.74) is 1.58. The van der Waals surface area contributed by atoms with E-state index >= 15 is 0 Å². The molecule has 3 nitrogen and oxygen atoms in total. The van der Waals surface area contributed by atoms with Gasteiger partial charge in [0.2, 0.25) is 0 Å².